The molecule has 0 bridgehead atoms. The van der Waals surface area contributed by atoms with Crippen molar-refractivity contribution in [3.8, 4) is 0 Å². The van der Waals surface area contributed by atoms with Crippen LogP contribution in [0, 0.1) is 5.82 Å². The number of hydrogen-bond donors (Lipinski definition) is 0. The molecule has 3 nitrogen and oxygen atoms in total. The predicted molar refractivity (Wildman–Crippen MR) is 74.0 cm³/mol. The molecule has 0 saturated carbocycles. The predicted octanol–water partition coefficient (Wildman–Crippen LogP) is 3.93. The van der Waals surface area contributed by atoms with Crippen LogP contribution in [0.5, 0.6) is 0 Å². The number of halogens is 3. The lowest BCUT2D eigenvalue weighted by Crippen LogP contribution is -2.29. The van der Waals surface area contributed by atoms with Crippen LogP contribution in [0.15, 0.2) is 36.4 Å². The molecule has 2 amide bonds. The number of fused-ring (bicyclic) bond motifs is 1. The lowest BCUT2D eigenvalue weighted by Gasteiger charge is -2.15. The lowest BCUT2D eigenvalue weighted by molar-refractivity contribution is 0.0926. The number of rotatable bonds is 1. The summed E-state index contributed by atoms with van der Waals surface area (Å²) in [5, 5.41) is 0.552. The molecule has 0 radical (unpaired) electrons. The van der Waals surface area contributed by atoms with E-state index in [1.165, 1.54) is 18.2 Å². The van der Waals surface area contributed by atoms with Gasteiger partial charge in [-0.05, 0) is 36.4 Å². The number of hydrogen-bond acceptors (Lipinski definition) is 2. The number of carbonyl (C=O) groups is 2. The van der Waals surface area contributed by atoms with Gasteiger partial charge >= 0.3 is 0 Å². The SMILES string of the molecule is O=C1c2ccc(F)cc2C(=O)N1c1cc(Cl)ccc1Cl. The van der Waals surface area contributed by atoms with Crippen molar-refractivity contribution in [3.05, 3.63) is 63.4 Å². The van der Waals surface area contributed by atoms with E-state index in [9.17, 15) is 14.0 Å². The first-order chi connectivity index (χ1) is 9.49. The standard InChI is InChI=1S/C14H6Cl2FNO2/c15-7-1-4-11(16)12(5-7)18-13(19)9-3-2-8(17)6-10(9)14(18)20/h1-6H. The molecule has 2 aromatic rings. The zero-order valence-electron chi connectivity index (χ0n) is 9.86. The van der Waals surface area contributed by atoms with Gasteiger partial charge in [0.1, 0.15) is 5.82 Å². The van der Waals surface area contributed by atoms with Gasteiger partial charge in [0.05, 0.1) is 21.8 Å². The lowest BCUT2D eigenvalue weighted by atomic mass is 10.1. The molecule has 0 N–H and O–H groups in total. The maximum atomic E-state index is 13.2. The topological polar surface area (TPSA) is 37.4 Å². The molecule has 100 valence electrons. The highest BCUT2D eigenvalue weighted by Gasteiger charge is 2.37. The Bertz CT molecular complexity index is 761. The number of imide groups is 1. The van der Waals surface area contributed by atoms with Crippen molar-refractivity contribution in [2.24, 2.45) is 0 Å². The normalized spacial score (nSPS) is 13.8. The van der Waals surface area contributed by atoms with Crippen molar-refractivity contribution >= 4 is 40.7 Å². The van der Waals surface area contributed by atoms with Crippen molar-refractivity contribution in [2.75, 3.05) is 4.90 Å². The summed E-state index contributed by atoms with van der Waals surface area (Å²) < 4.78 is 13.2. The quantitative estimate of drug-likeness (QED) is 0.748. The molecular weight excluding hydrogens is 304 g/mol. The maximum Gasteiger partial charge on any atom is 0.266 e. The van der Waals surface area contributed by atoms with Gasteiger partial charge in [-0.3, -0.25) is 9.59 Å². The first kappa shape index (κ1) is 13.1. The number of carbonyl (C=O) groups excluding carboxylic acids is 2. The Morgan fingerprint density at radius 1 is 0.900 bits per heavy atom. The van der Waals surface area contributed by atoms with Gasteiger partial charge < -0.3 is 0 Å². The highest BCUT2D eigenvalue weighted by atomic mass is 35.5. The molecule has 1 aliphatic rings. The second kappa shape index (κ2) is 4.58. The van der Waals surface area contributed by atoms with E-state index in [2.05, 4.69) is 0 Å². The van der Waals surface area contributed by atoms with Crippen molar-refractivity contribution < 1.29 is 14.0 Å². The molecule has 0 saturated heterocycles. The van der Waals surface area contributed by atoms with E-state index in [1.807, 2.05) is 0 Å². The molecular formula is C14H6Cl2FNO2. The van der Waals surface area contributed by atoms with Crippen molar-refractivity contribution in [1.82, 2.24) is 0 Å². The average Bonchev–Trinajstić information content (AvgIpc) is 2.65. The first-order valence-corrected chi connectivity index (χ1v) is 6.38. The van der Waals surface area contributed by atoms with Crippen LogP contribution in [0.3, 0.4) is 0 Å². The fraction of sp³-hybridized carbons (Fsp3) is 0. The zero-order valence-corrected chi connectivity index (χ0v) is 11.4. The summed E-state index contributed by atoms with van der Waals surface area (Å²) in [6.45, 7) is 0. The molecule has 0 atom stereocenters. The summed E-state index contributed by atoms with van der Waals surface area (Å²) in [4.78, 5) is 25.4. The summed E-state index contributed by atoms with van der Waals surface area (Å²) in [7, 11) is 0. The molecule has 0 spiro atoms. The summed E-state index contributed by atoms with van der Waals surface area (Å²) in [6.07, 6.45) is 0. The van der Waals surface area contributed by atoms with Crippen molar-refractivity contribution in [1.29, 1.82) is 0 Å². The molecule has 20 heavy (non-hydrogen) atoms. The van der Waals surface area contributed by atoms with Crippen LogP contribution in [-0.4, -0.2) is 11.8 Å². The number of anilines is 1. The van der Waals surface area contributed by atoms with Crippen LogP contribution in [0.25, 0.3) is 0 Å². The smallest absolute Gasteiger partial charge is 0.266 e. The van der Waals surface area contributed by atoms with Gasteiger partial charge in [-0.25, -0.2) is 9.29 Å². The summed E-state index contributed by atoms with van der Waals surface area (Å²) in [5.74, 6) is -1.74. The Balaban J connectivity index is 2.16. The molecule has 6 heteroatoms. The maximum absolute atomic E-state index is 13.2. The molecule has 0 fully saturated rings. The Kier molecular flexibility index (Phi) is 3.00. The Hall–Kier alpha value is -1.91. The fourth-order valence-corrected chi connectivity index (χ4v) is 2.46. The van der Waals surface area contributed by atoms with Gasteiger partial charge in [0.2, 0.25) is 0 Å². The van der Waals surface area contributed by atoms with Crippen LogP contribution in [0.2, 0.25) is 10.0 Å². The molecule has 3 rings (SSSR count). The van der Waals surface area contributed by atoms with Gasteiger partial charge in [0.25, 0.3) is 11.8 Å². The largest absolute Gasteiger partial charge is 0.268 e. The number of nitrogens with zero attached hydrogens (tertiary/aromatic N) is 1. The van der Waals surface area contributed by atoms with E-state index >= 15 is 0 Å². The second-order valence-corrected chi connectivity index (χ2v) is 5.07. The van der Waals surface area contributed by atoms with Gasteiger partial charge in [0.15, 0.2) is 0 Å². The average molecular weight is 310 g/mol. The van der Waals surface area contributed by atoms with Crippen LogP contribution in [0.1, 0.15) is 20.7 Å². The van der Waals surface area contributed by atoms with E-state index in [-0.39, 0.29) is 21.8 Å². The van der Waals surface area contributed by atoms with Gasteiger partial charge in [0, 0.05) is 5.02 Å². The molecule has 1 aliphatic heterocycles. The van der Waals surface area contributed by atoms with E-state index in [1.54, 1.807) is 6.07 Å². The molecule has 1 heterocycles. The van der Waals surface area contributed by atoms with Crippen LogP contribution in [-0.2, 0) is 0 Å². The molecule has 0 aromatic heterocycles. The fourth-order valence-electron chi connectivity index (χ4n) is 2.09. The van der Waals surface area contributed by atoms with E-state index in [4.69, 9.17) is 23.2 Å². The number of amides is 2. The third kappa shape index (κ3) is 1.88. The van der Waals surface area contributed by atoms with E-state index < -0.39 is 17.6 Å². The highest BCUT2D eigenvalue weighted by molar-refractivity contribution is 6.40. The van der Waals surface area contributed by atoms with E-state index in [0.717, 1.165) is 17.0 Å². The van der Waals surface area contributed by atoms with Crippen molar-refractivity contribution in [2.45, 2.75) is 0 Å². The second-order valence-electron chi connectivity index (χ2n) is 4.23. The minimum atomic E-state index is -0.617. The molecule has 0 aliphatic carbocycles. The third-order valence-corrected chi connectivity index (χ3v) is 3.55. The number of benzene rings is 2. The van der Waals surface area contributed by atoms with Crippen LogP contribution >= 0.6 is 23.2 Å². The minimum absolute atomic E-state index is 0.0195. The van der Waals surface area contributed by atoms with Crippen molar-refractivity contribution in [3.63, 3.8) is 0 Å². The first-order valence-electron chi connectivity index (χ1n) is 5.62. The van der Waals surface area contributed by atoms with Gasteiger partial charge in [-0.15, -0.1) is 0 Å². The Morgan fingerprint density at radius 3 is 2.35 bits per heavy atom. The summed E-state index contributed by atoms with van der Waals surface area (Å²) in [5.41, 5.74) is 0.351. The minimum Gasteiger partial charge on any atom is -0.268 e. The zero-order chi connectivity index (χ0) is 14.4. The monoisotopic (exact) mass is 309 g/mol. The molecule has 2 aromatic carbocycles. The summed E-state index contributed by atoms with van der Waals surface area (Å²) >= 11 is 11.9. The Morgan fingerprint density at radius 2 is 1.60 bits per heavy atom. The van der Waals surface area contributed by atoms with Gasteiger partial charge in [-0.1, -0.05) is 23.2 Å². The third-order valence-electron chi connectivity index (χ3n) is 3.00. The summed E-state index contributed by atoms with van der Waals surface area (Å²) in [6, 6.07) is 7.90. The highest BCUT2D eigenvalue weighted by Crippen LogP contribution is 2.35. The van der Waals surface area contributed by atoms with Crippen LogP contribution < -0.4 is 4.90 Å². The van der Waals surface area contributed by atoms with E-state index in [0.29, 0.717) is 5.02 Å². The van der Waals surface area contributed by atoms with Gasteiger partial charge in [-0.2, -0.15) is 0 Å². The van der Waals surface area contributed by atoms with Crippen LogP contribution in [0.4, 0.5) is 10.1 Å². The molecule has 0 unspecified atom stereocenters. The Labute approximate surface area is 123 Å².